The summed E-state index contributed by atoms with van der Waals surface area (Å²) in [4.78, 5) is 4.37. The molecule has 114 valence electrons. The first kappa shape index (κ1) is 15.6. The third kappa shape index (κ3) is 3.88. The first-order valence-electron chi connectivity index (χ1n) is 7.31. The SMILES string of the molecule is CNC(Cc1ncnn1CC(C)C)c1ccc(F)cc1C. The summed E-state index contributed by atoms with van der Waals surface area (Å²) in [5, 5.41) is 7.59. The molecule has 0 saturated carbocycles. The van der Waals surface area contributed by atoms with Crippen molar-refractivity contribution in [2.24, 2.45) is 5.92 Å². The summed E-state index contributed by atoms with van der Waals surface area (Å²) in [7, 11) is 1.91. The van der Waals surface area contributed by atoms with Gasteiger partial charge < -0.3 is 5.32 Å². The number of aromatic nitrogens is 3. The molecule has 0 amide bonds. The van der Waals surface area contributed by atoms with Crippen LogP contribution >= 0.6 is 0 Å². The molecule has 1 N–H and O–H groups in total. The summed E-state index contributed by atoms with van der Waals surface area (Å²) in [5.41, 5.74) is 2.04. The summed E-state index contributed by atoms with van der Waals surface area (Å²) in [6, 6.07) is 5.01. The van der Waals surface area contributed by atoms with E-state index >= 15 is 0 Å². The van der Waals surface area contributed by atoms with E-state index in [9.17, 15) is 4.39 Å². The molecule has 0 fully saturated rings. The monoisotopic (exact) mass is 290 g/mol. The Labute approximate surface area is 125 Å². The molecular formula is C16H23FN4. The van der Waals surface area contributed by atoms with Gasteiger partial charge in [0.25, 0.3) is 0 Å². The normalized spacial score (nSPS) is 12.9. The van der Waals surface area contributed by atoms with E-state index in [1.54, 1.807) is 12.4 Å². The Morgan fingerprint density at radius 1 is 1.33 bits per heavy atom. The number of nitrogens with one attached hydrogen (secondary N) is 1. The molecule has 1 unspecified atom stereocenters. The van der Waals surface area contributed by atoms with Crippen LogP contribution in [0.15, 0.2) is 24.5 Å². The highest BCUT2D eigenvalue weighted by Gasteiger charge is 2.16. The molecule has 0 aliphatic heterocycles. The molecule has 21 heavy (non-hydrogen) atoms. The van der Waals surface area contributed by atoms with Gasteiger partial charge >= 0.3 is 0 Å². The molecule has 1 aromatic heterocycles. The van der Waals surface area contributed by atoms with E-state index in [0.29, 0.717) is 5.92 Å². The zero-order valence-electron chi connectivity index (χ0n) is 13.1. The summed E-state index contributed by atoms with van der Waals surface area (Å²) < 4.78 is 15.2. The molecular weight excluding hydrogens is 267 g/mol. The van der Waals surface area contributed by atoms with Crippen LogP contribution in [0.25, 0.3) is 0 Å². The molecule has 0 bridgehead atoms. The number of hydrogen-bond donors (Lipinski definition) is 1. The predicted molar refractivity (Wildman–Crippen MR) is 81.5 cm³/mol. The van der Waals surface area contributed by atoms with E-state index < -0.39 is 0 Å². The predicted octanol–water partition coefficient (Wildman–Crippen LogP) is 2.88. The average Bonchev–Trinajstić information content (AvgIpc) is 2.83. The van der Waals surface area contributed by atoms with Gasteiger partial charge in [-0.1, -0.05) is 19.9 Å². The Balaban J connectivity index is 2.21. The third-order valence-corrected chi connectivity index (χ3v) is 3.58. The van der Waals surface area contributed by atoms with Crippen molar-refractivity contribution >= 4 is 0 Å². The van der Waals surface area contributed by atoms with E-state index in [1.165, 1.54) is 6.07 Å². The number of likely N-dealkylation sites (N-methyl/N-ethyl adjacent to an activating group) is 1. The van der Waals surface area contributed by atoms with Gasteiger partial charge in [0, 0.05) is 19.0 Å². The fourth-order valence-electron chi connectivity index (χ4n) is 2.52. The van der Waals surface area contributed by atoms with Crippen LogP contribution in [0.2, 0.25) is 0 Å². The molecule has 0 aliphatic rings. The number of aryl methyl sites for hydroxylation is 1. The lowest BCUT2D eigenvalue weighted by Gasteiger charge is -2.19. The topological polar surface area (TPSA) is 42.7 Å². The summed E-state index contributed by atoms with van der Waals surface area (Å²) in [5.74, 6) is 1.27. The van der Waals surface area contributed by atoms with Gasteiger partial charge in [-0.15, -0.1) is 0 Å². The standard InChI is InChI=1S/C16H23FN4/c1-11(2)9-21-16(19-10-20-21)8-15(18-4)14-6-5-13(17)7-12(14)3/h5-7,10-11,15,18H,8-9H2,1-4H3. The average molecular weight is 290 g/mol. The molecule has 1 aromatic carbocycles. The van der Waals surface area contributed by atoms with E-state index in [-0.39, 0.29) is 11.9 Å². The largest absolute Gasteiger partial charge is 0.313 e. The summed E-state index contributed by atoms with van der Waals surface area (Å²) in [6.07, 6.45) is 2.33. The molecule has 0 saturated heterocycles. The third-order valence-electron chi connectivity index (χ3n) is 3.58. The molecule has 0 spiro atoms. The highest BCUT2D eigenvalue weighted by molar-refractivity contribution is 5.30. The van der Waals surface area contributed by atoms with Crippen LogP contribution in [0.4, 0.5) is 4.39 Å². The summed E-state index contributed by atoms with van der Waals surface area (Å²) in [6.45, 7) is 7.10. The van der Waals surface area contributed by atoms with Crippen molar-refractivity contribution in [3.8, 4) is 0 Å². The summed E-state index contributed by atoms with van der Waals surface area (Å²) >= 11 is 0. The lowest BCUT2D eigenvalue weighted by atomic mass is 9.98. The minimum absolute atomic E-state index is 0.0979. The van der Waals surface area contributed by atoms with Gasteiger partial charge in [-0.05, 0) is 43.1 Å². The smallest absolute Gasteiger partial charge is 0.138 e. The first-order chi connectivity index (χ1) is 10.0. The zero-order valence-corrected chi connectivity index (χ0v) is 13.1. The van der Waals surface area contributed by atoms with Crippen molar-refractivity contribution in [1.29, 1.82) is 0 Å². The molecule has 5 heteroatoms. The Kier molecular flexibility index (Phi) is 5.07. The van der Waals surface area contributed by atoms with Crippen LogP contribution in [0.1, 0.15) is 36.8 Å². The van der Waals surface area contributed by atoms with E-state index in [2.05, 4.69) is 29.2 Å². The lowest BCUT2D eigenvalue weighted by Crippen LogP contribution is -2.22. The molecule has 0 aliphatic carbocycles. The van der Waals surface area contributed by atoms with Crippen molar-refractivity contribution in [2.75, 3.05) is 7.05 Å². The molecule has 2 rings (SSSR count). The van der Waals surface area contributed by atoms with Crippen LogP contribution in [0.3, 0.4) is 0 Å². The van der Waals surface area contributed by atoms with Crippen molar-refractivity contribution < 1.29 is 4.39 Å². The van der Waals surface area contributed by atoms with Crippen LogP contribution in [0, 0.1) is 18.7 Å². The fraction of sp³-hybridized carbons (Fsp3) is 0.500. The number of nitrogens with zero attached hydrogens (tertiary/aromatic N) is 3. The number of hydrogen-bond acceptors (Lipinski definition) is 3. The van der Waals surface area contributed by atoms with Gasteiger partial charge in [0.2, 0.25) is 0 Å². The van der Waals surface area contributed by atoms with Crippen molar-refractivity contribution in [3.05, 3.63) is 47.3 Å². The van der Waals surface area contributed by atoms with Crippen molar-refractivity contribution in [1.82, 2.24) is 20.1 Å². The maximum atomic E-state index is 13.3. The Morgan fingerprint density at radius 2 is 2.10 bits per heavy atom. The maximum absolute atomic E-state index is 13.3. The molecule has 4 nitrogen and oxygen atoms in total. The van der Waals surface area contributed by atoms with Crippen LogP contribution in [-0.4, -0.2) is 21.8 Å². The van der Waals surface area contributed by atoms with E-state index in [1.807, 2.05) is 24.7 Å². The van der Waals surface area contributed by atoms with E-state index in [4.69, 9.17) is 0 Å². The van der Waals surface area contributed by atoms with Crippen LogP contribution < -0.4 is 5.32 Å². The molecule has 1 heterocycles. The van der Waals surface area contributed by atoms with E-state index in [0.717, 1.165) is 29.9 Å². The Bertz CT molecular complexity index is 592. The Morgan fingerprint density at radius 3 is 2.71 bits per heavy atom. The minimum Gasteiger partial charge on any atom is -0.313 e. The first-order valence-corrected chi connectivity index (χ1v) is 7.31. The van der Waals surface area contributed by atoms with Crippen LogP contribution in [0.5, 0.6) is 0 Å². The van der Waals surface area contributed by atoms with Gasteiger partial charge in [-0.2, -0.15) is 5.10 Å². The lowest BCUT2D eigenvalue weighted by molar-refractivity contribution is 0.451. The zero-order chi connectivity index (χ0) is 15.4. The molecule has 2 aromatic rings. The van der Waals surface area contributed by atoms with Gasteiger partial charge in [0.05, 0.1) is 0 Å². The molecule has 1 atom stereocenters. The highest BCUT2D eigenvalue weighted by atomic mass is 19.1. The second-order valence-electron chi connectivity index (χ2n) is 5.80. The van der Waals surface area contributed by atoms with Gasteiger partial charge in [0.15, 0.2) is 0 Å². The maximum Gasteiger partial charge on any atom is 0.138 e. The fourth-order valence-corrected chi connectivity index (χ4v) is 2.52. The van der Waals surface area contributed by atoms with Gasteiger partial charge in [-0.25, -0.2) is 14.1 Å². The Hall–Kier alpha value is -1.75. The van der Waals surface area contributed by atoms with Gasteiger partial charge in [-0.3, -0.25) is 0 Å². The van der Waals surface area contributed by atoms with Crippen molar-refractivity contribution in [2.45, 2.75) is 39.8 Å². The highest BCUT2D eigenvalue weighted by Crippen LogP contribution is 2.21. The van der Waals surface area contributed by atoms with Crippen LogP contribution in [-0.2, 0) is 13.0 Å². The quantitative estimate of drug-likeness (QED) is 0.889. The second kappa shape index (κ2) is 6.80. The minimum atomic E-state index is -0.200. The number of halogens is 1. The molecule has 0 radical (unpaired) electrons. The second-order valence-corrected chi connectivity index (χ2v) is 5.80. The number of rotatable bonds is 6. The number of benzene rings is 1. The van der Waals surface area contributed by atoms with Gasteiger partial charge in [0.1, 0.15) is 18.0 Å². The van der Waals surface area contributed by atoms with Crippen molar-refractivity contribution in [3.63, 3.8) is 0 Å².